The standard InChI is InChI=1S/C20H17N7O2S/c1-11-3-4-14(10-21)16(9-11)30(28,29)27-15-7-5-13(6-8-15)19-23-12(2)17-18(22)25-26-20(17)24-19/h3-9,27H,1-2H3,(H3,22,23,24,25,26). The minimum absolute atomic E-state index is 0.0605. The molecule has 4 aromatic rings. The monoisotopic (exact) mass is 419 g/mol. The first kappa shape index (κ1) is 19.4. The third-order valence-electron chi connectivity index (χ3n) is 4.56. The van der Waals surface area contributed by atoms with Gasteiger partial charge in [-0.25, -0.2) is 18.4 Å². The van der Waals surface area contributed by atoms with E-state index < -0.39 is 10.0 Å². The summed E-state index contributed by atoms with van der Waals surface area (Å²) in [5.74, 6) is 0.859. The summed E-state index contributed by atoms with van der Waals surface area (Å²) in [7, 11) is -3.92. The van der Waals surface area contributed by atoms with Crippen LogP contribution < -0.4 is 10.5 Å². The maximum absolute atomic E-state index is 12.8. The van der Waals surface area contributed by atoms with Crippen LogP contribution in [0.1, 0.15) is 16.8 Å². The van der Waals surface area contributed by atoms with E-state index in [1.54, 1.807) is 37.3 Å². The number of benzene rings is 2. The Morgan fingerprint density at radius 1 is 1.10 bits per heavy atom. The molecule has 0 bridgehead atoms. The quantitative estimate of drug-likeness (QED) is 0.460. The Kier molecular flexibility index (Phi) is 4.60. The van der Waals surface area contributed by atoms with Crippen LogP contribution in [0.3, 0.4) is 0 Å². The van der Waals surface area contributed by atoms with E-state index in [0.29, 0.717) is 39.6 Å². The fourth-order valence-electron chi connectivity index (χ4n) is 3.09. The van der Waals surface area contributed by atoms with Crippen LogP contribution in [0.25, 0.3) is 22.4 Å². The van der Waals surface area contributed by atoms with Crippen molar-refractivity contribution in [1.82, 2.24) is 20.2 Å². The zero-order chi connectivity index (χ0) is 21.5. The SMILES string of the molecule is Cc1ccc(C#N)c(S(=O)(=O)Nc2ccc(-c3nc(C)c4c(N)[nH]nc4n3)cc2)c1. The minimum Gasteiger partial charge on any atom is -0.383 e. The molecule has 2 aromatic heterocycles. The number of nitrogen functional groups attached to an aromatic ring is 1. The summed E-state index contributed by atoms with van der Waals surface area (Å²) in [6, 6.07) is 13.2. The molecule has 0 fully saturated rings. The number of aryl methyl sites for hydroxylation is 2. The van der Waals surface area contributed by atoms with Gasteiger partial charge in [-0.2, -0.15) is 10.4 Å². The molecule has 0 amide bonds. The molecule has 2 aromatic carbocycles. The summed E-state index contributed by atoms with van der Waals surface area (Å²) in [6.45, 7) is 3.58. The number of hydrogen-bond donors (Lipinski definition) is 3. The van der Waals surface area contributed by atoms with Gasteiger partial charge in [0, 0.05) is 11.3 Å². The summed E-state index contributed by atoms with van der Waals surface area (Å²) < 4.78 is 28.0. The van der Waals surface area contributed by atoms with Crippen molar-refractivity contribution < 1.29 is 8.42 Å². The van der Waals surface area contributed by atoms with E-state index in [0.717, 1.165) is 5.56 Å². The fraction of sp³-hybridized carbons (Fsp3) is 0.100. The van der Waals surface area contributed by atoms with Crippen molar-refractivity contribution in [2.75, 3.05) is 10.5 Å². The average Bonchev–Trinajstić information content (AvgIpc) is 3.09. The maximum atomic E-state index is 12.8. The molecular weight excluding hydrogens is 402 g/mol. The second-order valence-electron chi connectivity index (χ2n) is 6.76. The highest BCUT2D eigenvalue weighted by Gasteiger charge is 2.19. The highest BCUT2D eigenvalue weighted by molar-refractivity contribution is 7.92. The van der Waals surface area contributed by atoms with Crippen LogP contribution in [0.4, 0.5) is 11.5 Å². The molecule has 0 saturated heterocycles. The lowest BCUT2D eigenvalue weighted by Gasteiger charge is -2.11. The van der Waals surface area contributed by atoms with Crippen LogP contribution in [0.5, 0.6) is 0 Å². The second-order valence-corrected chi connectivity index (χ2v) is 8.41. The number of anilines is 2. The average molecular weight is 419 g/mol. The van der Waals surface area contributed by atoms with Gasteiger partial charge in [0.15, 0.2) is 11.5 Å². The third-order valence-corrected chi connectivity index (χ3v) is 5.99. The fourth-order valence-corrected chi connectivity index (χ4v) is 4.39. The van der Waals surface area contributed by atoms with Gasteiger partial charge in [0.2, 0.25) is 0 Å². The van der Waals surface area contributed by atoms with Crippen LogP contribution >= 0.6 is 0 Å². The number of nitriles is 1. The van der Waals surface area contributed by atoms with E-state index >= 15 is 0 Å². The Labute approximate surface area is 172 Å². The number of hydrogen-bond acceptors (Lipinski definition) is 7. The zero-order valence-electron chi connectivity index (χ0n) is 16.1. The molecule has 4 N–H and O–H groups in total. The molecular formula is C20H17N7O2S. The van der Waals surface area contributed by atoms with Crippen molar-refractivity contribution in [3.63, 3.8) is 0 Å². The number of aromatic amines is 1. The van der Waals surface area contributed by atoms with Crippen molar-refractivity contribution in [3.8, 4) is 17.5 Å². The van der Waals surface area contributed by atoms with Gasteiger partial charge in [0.1, 0.15) is 16.8 Å². The number of H-pyrrole nitrogens is 1. The molecule has 30 heavy (non-hydrogen) atoms. The smallest absolute Gasteiger partial charge is 0.263 e. The maximum Gasteiger partial charge on any atom is 0.263 e. The number of nitrogens with zero attached hydrogens (tertiary/aromatic N) is 4. The van der Waals surface area contributed by atoms with Crippen LogP contribution in [-0.2, 0) is 10.0 Å². The number of rotatable bonds is 4. The highest BCUT2D eigenvalue weighted by Crippen LogP contribution is 2.26. The third kappa shape index (κ3) is 3.42. The predicted molar refractivity (Wildman–Crippen MR) is 113 cm³/mol. The highest BCUT2D eigenvalue weighted by atomic mass is 32.2. The minimum atomic E-state index is -3.92. The Balaban J connectivity index is 1.65. The summed E-state index contributed by atoms with van der Waals surface area (Å²) in [6.07, 6.45) is 0. The van der Waals surface area contributed by atoms with E-state index in [9.17, 15) is 13.7 Å². The first-order chi connectivity index (χ1) is 14.3. The Bertz CT molecular complexity index is 1420. The normalized spacial score (nSPS) is 11.4. The van der Waals surface area contributed by atoms with Crippen LogP contribution in [-0.4, -0.2) is 28.6 Å². The van der Waals surface area contributed by atoms with Gasteiger partial charge >= 0.3 is 0 Å². The molecule has 9 nitrogen and oxygen atoms in total. The van der Waals surface area contributed by atoms with Crippen molar-refractivity contribution in [1.29, 1.82) is 5.26 Å². The molecule has 10 heteroatoms. The van der Waals surface area contributed by atoms with Gasteiger partial charge in [0.25, 0.3) is 10.0 Å². The Hall–Kier alpha value is -3.97. The molecule has 0 aliphatic heterocycles. The van der Waals surface area contributed by atoms with Crippen molar-refractivity contribution in [3.05, 3.63) is 59.3 Å². The summed E-state index contributed by atoms with van der Waals surface area (Å²) >= 11 is 0. The summed E-state index contributed by atoms with van der Waals surface area (Å²) in [4.78, 5) is 8.81. The van der Waals surface area contributed by atoms with Crippen molar-refractivity contribution >= 4 is 32.6 Å². The first-order valence-electron chi connectivity index (χ1n) is 8.90. The van der Waals surface area contributed by atoms with E-state index in [2.05, 4.69) is 24.9 Å². The van der Waals surface area contributed by atoms with Crippen molar-refractivity contribution in [2.24, 2.45) is 0 Å². The number of fused-ring (bicyclic) bond motifs is 1. The van der Waals surface area contributed by atoms with E-state index in [1.807, 2.05) is 13.0 Å². The lowest BCUT2D eigenvalue weighted by Crippen LogP contribution is -2.14. The van der Waals surface area contributed by atoms with E-state index in [4.69, 9.17) is 5.73 Å². The number of sulfonamides is 1. The number of nitrogens with one attached hydrogen (secondary N) is 2. The lowest BCUT2D eigenvalue weighted by molar-refractivity contribution is 0.601. The molecule has 0 aliphatic carbocycles. The molecule has 2 heterocycles. The van der Waals surface area contributed by atoms with Gasteiger partial charge in [-0.15, -0.1) is 0 Å². The van der Waals surface area contributed by atoms with Crippen LogP contribution in [0.15, 0.2) is 47.4 Å². The number of aromatic nitrogens is 4. The zero-order valence-corrected chi connectivity index (χ0v) is 16.9. The van der Waals surface area contributed by atoms with Crippen LogP contribution in [0, 0.1) is 25.2 Å². The second kappa shape index (κ2) is 7.13. The molecule has 0 unspecified atom stereocenters. The Morgan fingerprint density at radius 3 is 2.53 bits per heavy atom. The summed E-state index contributed by atoms with van der Waals surface area (Å²) in [5, 5.41) is 16.7. The molecule has 0 saturated carbocycles. The topological polar surface area (TPSA) is 150 Å². The van der Waals surface area contributed by atoms with Crippen LogP contribution in [0.2, 0.25) is 0 Å². The van der Waals surface area contributed by atoms with Gasteiger partial charge < -0.3 is 5.73 Å². The van der Waals surface area contributed by atoms with E-state index in [-0.39, 0.29) is 10.5 Å². The molecule has 0 atom stereocenters. The molecule has 4 rings (SSSR count). The van der Waals surface area contributed by atoms with Gasteiger partial charge in [-0.1, -0.05) is 6.07 Å². The lowest BCUT2D eigenvalue weighted by atomic mass is 10.2. The van der Waals surface area contributed by atoms with Gasteiger partial charge in [0.05, 0.1) is 16.6 Å². The van der Waals surface area contributed by atoms with Gasteiger partial charge in [-0.3, -0.25) is 9.82 Å². The predicted octanol–water partition coefficient (Wildman–Crippen LogP) is 2.89. The van der Waals surface area contributed by atoms with E-state index in [1.165, 1.54) is 12.1 Å². The van der Waals surface area contributed by atoms with Crippen molar-refractivity contribution in [2.45, 2.75) is 18.7 Å². The number of nitrogens with two attached hydrogens (primary N) is 1. The molecule has 150 valence electrons. The Morgan fingerprint density at radius 2 is 1.83 bits per heavy atom. The summed E-state index contributed by atoms with van der Waals surface area (Å²) in [5.41, 5.74) is 8.86. The molecule has 0 radical (unpaired) electrons. The first-order valence-corrected chi connectivity index (χ1v) is 10.4. The molecule has 0 aliphatic rings. The van der Waals surface area contributed by atoms with Gasteiger partial charge in [-0.05, 0) is 55.8 Å². The largest absolute Gasteiger partial charge is 0.383 e. The molecule has 0 spiro atoms.